The van der Waals surface area contributed by atoms with Crippen molar-refractivity contribution in [2.75, 3.05) is 18.5 Å². The van der Waals surface area contributed by atoms with E-state index in [2.05, 4.69) is 16.0 Å². The Hall–Kier alpha value is -5.32. The molecule has 0 fully saturated rings. The number of aliphatic carboxylic acids is 1. The maximum atomic E-state index is 13.2. The van der Waals surface area contributed by atoms with Gasteiger partial charge < -0.3 is 34.9 Å². The number of alkyl carbamates (subject to hydrolysis) is 1. The van der Waals surface area contributed by atoms with E-state index in [0.29, 0.717) is 17.7 Å². The first-order valence-corrected chi connectivity index (χ1v) is 12.9. The Morgan fingerprint density at radius 1 is 0.902 bits per heavy atom. The minimum Gasteiger partial charge on any atom is -0.482 e. The highest BCUT2D eigenvalue weighted by atomic mass is 16.5. The lowest BCUT2D eigenvalue weighted by Gasteiger charge is -2.18. The van der Waals surface area contributed by atoms with Gasteiger partial charge in [-0.25, -0.2) is 9.59 Å². The monoisotopic (exact) mass is 559 g/mol. The number of carboxylic acid groups (broad SMARTS) is 1. The summed E-state index contributed by atoms with van der Waals surface area (Å²) < 4.78 is 16.0. The summed E-state index contributed by atoms with van der Waals surface area (Å²) in [5.74, 6) is -1.92. The summed E-state index contributed by atoms with van der Waals surface area (Å²) in [5.41, 5.74) is 1.74. The third kappa shape index (κ3) is 8.85. The van der Waals surface area contributed by atoms with Gasteiger partial charge in [-0.15, -0.1) is 0 Å². The Bertz CT molecular complexity index is 1470. The van der Waals surface area contributed by atoms with Crippen molar-refractivity contribution in [1.29, 1.82) is 0 Å². The minimum absolute atomic E-state index is 0.0516. The van der Waals surface area contributed by atoms with E-state index in [1.165, 1.54) is 6.07 Å². The van der Waals surface area contributed by atoms with Gasteiger partial charge in [-0.1, -0.05) is 54.6 Å². The van der Waals surface area contributed by atoms with Crippen molar-refractivity contribution in [3.8, 4) is 5.75 Å². The maximum Gasteiger partial charge on any atom is 0.407 e. The molecule has 0 spiro atoms. The van der Waals surface area contributed by atoms with Gasteiger partial charge in [-0.2, -0.15) is 0 Å². The zero-order chi connectivity index (χ0) is 29.0. The molecule has 1 atom stereocenters. The molecule has 0 saturated heterocycles. The summed E-state index contributed by atoms with van der Waals surface area (Å²) in [6.45, 7) is -0.203. The lowest BCUT2D eigenvalue weighted by molar-refractivity contribution is -0.139. The highest BCUT2D eigenvalue weighted by molar-refractivity contribution is 6.01. The predicted octanol–water partition coefficient (Wildman–Crippen LogP) is 4.34. The number of fused-ring (bicyclic) bond motifs is 1. The molecule has 11 heteroatoms. The fourth-order valence-electron chi connectivity index (χ4n) is 3.90. The van der Waals surface area contributed by atoms with Crippen molar-refractivity contribution in [3.05, 3.63) is 96.3 Å². The standard InChI is InChI=1S/C30H29N3O8/c34-27(35)19-39-23-12-6-11-22(17-23)32-28(36)24(33-29(37)26-16-21-10-4-5-14-25(21)41-26)13-7-15-31-30(38)40-18-20-8-2-1-3-9-20/h1-6,8-12,14,16-17,24H,7,13,15,18-19H2,(H,31,38)(H,32,36)(H,33,37)(H,34,35)/t24-/m0/s1. The summed E-state index contributed by atoms with van der Waals surface area (Å²) in [6.07, 6.45) is -0.0634. The first kappa shape index (κ1) is 28.7. The molecular formula is C30H29N3O8. The molecule has 0 aliphatic carbocycles. The molecule has 0 unspecified atom stereocenters. The summed E-state index contributed by atoms with van der Waals surface area (Å²) in [4.78, 5) is 49.1. The number of furan rings is 1. The van der Waals surface area contributed by atoms with Crippen LogP contribution in [0.5, 0.6) is 5.75 Å². The SMILES string of the molecule is O=C(O)COc1cccc(NC(=O)[C@H](CCCNC(=O)OCc2ccccc2)NC(=O)c2cc3ccccc3o2)c1. The highest BCUT2D eigenvalue weighted by Gasteiger charge is 2.23. The normalized spacial score (nSPS) is 11.3. The summed E-state index contributed by atoms with van der Waals surface area (Å²) >= 11 is 0. The molecule has 0 aliphatic heterocycles. The number of benzene rings is 3. The lowest BCUT2D eigenvalue weighted by atomic mass is 10.1. The molecule has 4 aromatic rings. The predicted molar refractivity (Wildman–Crippen MR) is 150 cm³/mol. The Labute approximate surface area is 235 Å². The number of carbonyl (C=O) groups excluding carboxylic acids is 3. The number of amides is 3. The van der Waals surface area contributed by atoms with Crippen LogP contribution >= 0.6 is 0 Å². The van der Waals surface area contributed by atoms with Gasteiger partial charge in [0.25, 0.3) is 5.91 Å². The average molecular weight is 560 g/mol. The van der Waals surface area contributed by atoms with E-state index in [4.69, 9.17) is 19.0 Å². The van der Waals surface area contributed by atoms with Gasteiger partial charge in [0.15, 0.2) is 12.4 Å². The molecule has 3 amide bonds. The first-order chi connectivity index (χ1) is 19.9. The number of nitrogens with one attached hydrogen (secondary N) is 3. The molecule has 1 heterocycles. The van der Waals surface area contributed by atoms with Crippen molar-refractivity contribution < 1.29 is 38.2 Å². The van der Waals surface area contributed by atoms with E-state index in [9.17, 15) is 19.2 Å². The average Bonchev–Trinajstić information content (AvgIpc) is 3.42. The third-order valence-electron chi connectivity index (χ3n) is 5.89. The lowest BCUT2D eigenvalue weighted by Crippen LogP contribution is -2.44. The molecule has 212 valence electrons. The van der Waals surface area contributed by atoms with Gasteiger partial charge in [-0.05, 0) is 42.7 Å². The van der Waals surface area contributed by atoms with Crippen LogP contribution in [0.3, 0.4) is 0 Å². The van der Waals surface area contributed by atoms with Gasteiger partial charge in [0.1, 0.15) is 24.0 Å². The fourth-order valence-corrected chi connectivity index (χ4v) is 3.90. The van der Waals surface area contributed by atoms with E-state index >= 15 is 0 Å². The van der Waals surface area contributed by atoms with Crippen LogP contribution in [0, 0.1) is 0 Å². The molecule has 0 saturated carbocycles. The van der Waals surface area contributed by atoms with E-state index in [1.54, 1.807) is 36.4 Å². The van der Waals surface area contributed by atoms with Crippen molar-refractivity contribution in [2.24, 2.45) is 0 Å². The van der Waals surface area contributed by atoms with Crippen LogP contribution in [0.25, 0.3) is 11.0 Å². The zero-order valence-electron chi connectivity index (χ0n) is 22.0. The number of para-hydroxylation sites is 1. The van der Waals surface area contributed by atoms with Gasteiger partial charge in [0, 0.05) is 23.7 Å². The molecule has 0 aliphatic rings. The largest absolute Gasteiger partial charge is 0.482 e. The second kappa shape index (κ2) is 14.2. The van der Waals surface area contributed by atoms with E-state index in [-0.39, 0.29) is 31.1 Å². The van der Waals surface area contributed by atoms with Crippen LogP contribution in [-0.4, -0.2) is 48.2 Å². The fraction of sp³-hybridized carbons (Fsp3) is 0.200. The summed E-state index contributed by atoms with van der Waals surface area (Å²) in [7, 11) is 0. The van der Waals surface area contributed by atoms with Crippen molar-refractivity contribution in [1.82, 2.24) is 10.6 Å². The number of carbonyl (C=O) groups is 4. The second-order valence-corrected chi connectivity index (χ2v) is 9.00. The van der Waals surface area contributed by atoms with E-state index in [1.807, 2.05) is 42.5 Å². The number of ether oxygens (including phenoxy) is 2. The number of rotatable bonds is 13. The smallest absolute Gasteiger partial charge is 0.407 e. The maximum absolute atomic E-state index is 13.2. The Morgan fingerprint density at radius 2 is 1.68 bits per heavy atom. The Kier molecular flexibility index (Phi) is 9.92. The van der Waals surface area contributed by atoms with Crippen LogP contribution in [-0.2, 0) is 20.9 Å². The van der Waals surface area contributed by atoms with Crippen molar-refractivity contribution in [2.45, 2.75) is 25.5 Å². The Morgan fingerprint density at radius 3 is 2.46 bits per heavy atom. The minimum atomic E-state index is -1.13. The van der Waals surface area contributed by atoms with Gasteiger partial charge >= 0.3 is 12.1 Å². The summed E-state index contributed by atoms with van der Waals surface area (Å²) in [6, 6.07) is 23.2. The van der Waals surface area contributed by atoms with Crippen LogP contribution in [0.15, 0.2) is 89.3 Å². The van der Waals surface area contributed by atoms with Crippen LogP contribution in [0.1, 0.15) is 29.0 Å². The molecule has 3 aromatic carbocycles. The highest BCUT2D eigenvalue weighted by Crippen LogP contribution is 2.20. The van der Waals surface area contributed by atoms with Gasteiger partial charge in [-0.3, -0.25) is 9.59 Å². The van der Waals surface area contributed by atoms with Crippen LogP contribution in [0.4, 0.5) is 10.5 Å². The molecule has 0 bridgehead atoms. The van der Waals surface area contributed by atoms with Crippen molar-refractivity contribution in [3.63, 3.8) is 0 Å². The number of carboxylic acids is 1. The number of anilines is 1. The molecule has 1 aromatic heterocycles. The van der Waals surface area contributed by atoms with Crippen LogP contribution in [0.2, 0.25) is 0 Å². The van der Waals surface area contributed by atoms with Crippen LogP contribution < -0.4 is 20.7 Å². The number of hydrogen-bond donors (Lipinski definition) is 4. The quantitative estimate of drug-likeness (QED) is 0.176. The topological polar surface area (TPSA) is 156 Å². The van der Waals surface area contributed by atoms with E-state index in [0.717, 1.165) is 10.9 Å². The molecule has 41 heavy (non-hydrogen) atoms. The number of hydrogen-bond acceptors (Lipinski definition) is 7. The third-order valence-corrected chi connectivity index (χ3v) is 5.89. The first-order valence-electron chi connectivity index (χ1n) is 12.9. The van der Waals surface area contributed by atoms with Gasteiger partial charge in [0.2, 0.25) is 5.91 Å². The molecule has 11 nitrogen and oxygen atoms in total. The van der Waals surface area contributed by atoms with Crippen molar-refractivity contribution >= 4 is 40.5 Å². The molecule has 0 radical (unpaired) electrons. The Balaban J connectivity index is 1.36. The van der Waals surface area contributed by atoms with E-state index < -0.39 is 36.5 Å². The molecule has 4 N–H and O–H groups in total. The molecule has 4 rings (SSSR count). The van der Waals surface area contributed by atoms with Gasteiger partial charge in [0.05, 0.1) is 0 Å². The second-order valence-electron chi connectivity index (χ2n) is 9.00. The summed E-state index contributed by atoms with van der Waals surface area (Å²) in [5, 5.41) is 17.6. The zero-order valence-corrected chi connectivity index (χ0v) is 22.0. The molecular weight excluding hydrogens is 530 g/mol.